The fraction of sp³-hybridized carbons (Fsp3) is 0.632. The molecule has 0 saturated heterocycles. The number of nitrogens with one attached hydrogen (secondary N) is 3. The number of carbonyl (C=O) groups excluding carboxylic acids is 4. The van der Waals surface area contributed by atoms with Gasteiger partial charge < -0.3 is 42.7 Å². The third-order valence-corrected chi connectivity index (χ3v) is 4.83. The molecule has 0 bridgehead atoms. The van der Waals surface area contributed by atoms with E-state index in [9.17, 15) is 38.7 Å². The molecular weight excluding hydrogens is 458 g/mol. The van der Waals surface area contributed by atoms with E-state index in [1.54, 1.807) is 13.8 Å². The van der Waals surface area contributed by atoms with E-state index in [0.717, 1.165) is 0 Å². The van der Waals surface area contributed by atoms with Gasteiger partial charge in [-0.1, -0.05) is 20.3 Å². The number of amides is 4. The Morgan fingerprint density at radius 2 is 1.32 bits per heavy atom. The molecule has 0 aliphatic heterocycles. The average Bonchev–Trinajstić information content (AvgIpc) is 2.72. The predicted molar refractivity (Wildman–Crippen MR) is 114 cm³/mol. The molecule has 0 fully saturated rings. The van der Waals surface area contributed by atoms with Gasteiger partial charge in [-0.3, -0.25) is 28.8 Å². The molecule has 0 radical (unpaired) electrons. The second-order valence-corrected chi connectivity index (χ2v) is 7.64. The zero-order chi connectivity index (χ0) is 26.6. The van der Waals surface area contributed by atoms with Crippen LogP contribution in [-0.4, -0.2) is 81.0 Å². The van der Waals surface area contributed by atoms with Crippen molar-refractivity contribution in [2.75, 3.05) is 0 Å². The van der Waals surface area contributed by atoms with E-state index < -0.39 is 97.3 Å². The van der Waals surface area contributed by atoms with Crippen LogP contribution in [0.15, 0.2) is 0 Å². The van der Waals surface area contributed by atoms with Crippen molar-refractivity contribution in [2.24, 2.45) is 17.4 Å². The van der Waals surface area contributed by atoms with Crippen LogP contribution in [0.1, 0.15) is 46.0 Å². The first-order valence-electron chi connectivity index (χ1n) is 10.3. The van der Waals surface area contributed by atoms with Crippen LogP contribution in [0.3, 0.4) is 0 Å². The highest BCUT2D eigenvalue weighted by atomic mass is 16.4. The number of rotatable bonds is 16. The first kappa shape index (κ1) is 30.2. The molecule has 10 N–H and O–H groups in total. The Balaban J connectivity index is 5.64. The summed E-state index contributed by atoms with van der Waals surface area (Å²) in [5.74, 6) is -8.74. The summed E-state index contributed by atoms with van der Waals surface area (Å²) < 4.78 is 0. The Morgan fingerprint density at radius 3 is 1.76 bits per heavy atom. The number of carbonyl (C=O) groups is 7. The van der Waals surface area contributed by atoms with Gasteiger partial charge in [-0.05, 0) is 12.3 Å². The maximum absolute atomic E-state index is 12.7. The molecule has 15 heteroatoms. The lowest BCUT2D eigenvalue weighted by Crippen LogP contribution is -2.58. The van der Waals surface area contributed by atoms with Crippen molar-refractivity contribution in [3.05, 3.63) is 0 Å². The summed E-state index contributed by atoms with van der Waals surface area (Å²) in [5, 5.41) is 33.5. The van der Waals surface area contributed by atoms with Crippen molar-refractivity contribution < 1.29 is 48.9 Å². The number of hydrogen-bond donors (Lipinski definition) is 8. The van der Waals surface area contributed by atoms with Crippen LogP contribution < -0.4 is 27.4 Å². The first-order chi connectivity index (χ1) is 15.7. The van der Waals surface area contributed by atoms with Gasteiger partial charge in [-0.25, -0.2) is 4.79 Å². The summed E-state index contributed by atoms with van der Waals surface area (Å²) in [6, 6.07) is -6.07. The normalized spacial score (nSPS) is 15.0. The number of carboxylic acid groups (broad SMARTS) is 3. The third kappa shape index (κ3) is 11.2. The van der Waals surface area contributed by atoms with Crippen LogP contribution in [0.2, 0.25) is 0 Å². The fourth-order valence-corrected chi connectivity index (χ4v) is 2.72. The van der Waals surface area contributed by atoms with Gasteiger partial charge in [-0.15, -0.1) is 0 Å². The lowest BCUT2D eigenvalue weighted by atomic mass is 9.98. The van der Waals surface area contributed by atoms with E-state index in [2.05, 4.69) is 16.0 Å². The molecule has 0 rings (SSSR count). The maximum atomic E-state index is 12.7. The molecule has 0 aromatic rings. The van der Waals surface area contributed by atoms with Crippen LogP contribution in [-0.2, 0) is 33.6 Å². The Hall–Kier alpha value is -3.75. The number of aliphatic carboxylic acids is 3. The molecule has 0 spiro atoms. The molecule has 5 atom stereocenters. The van der Waals surface area contributed by atoms with Gasteiger partial charge in [0.2, 0.25) is 23.6 Å². The Bertz CT molecular complexity index is 802. The van der Waals surface area contributed by atoms with E-state index in [-0.39, 0.29) is 0 Å². The van der Waals surface area contributed by atoms with E-state index in [1.807, 2.05) is 0 Å². The highest BCUT2D eigenvalue weighted by Crippen LogP contribution is 2.09. The molecule has 0 aromatic heterocycles. The third-order valence-electron chi connectivity index (χ3n) is 4.83. The van der Waals surface area contributed by atoms with Crippen LogP contribution in [0.4, 0.5) is 0 Å². The second-order valence-electron chi connectivity index (χ2n) is 7.64. The van der Waals surface area contributed by atoms with Gasteiger partial charge in [0.15, 0.2) is 0 Å². The fourth-order valence-electron chi connectivity index (χ4n) is 2.72. The number of nitrogens with two attached hydrogens (primary N) is 2. The summed E-state index contributed by atoms with van der Waals surface area (Å²) >= 11 is 0. The van der Waals surface area contributed by atoms with Crippen LogP contribution in [0.25, 0.3) is 0 Å². The SMILES string of the molecule is CCC(C)C(NC(=O)C(CC(N)=O)NC(=O)C(CCC(=O)O)NC(=O)C(N)CC(=O)O)C(=O)O. The van der Waals surface area contributed by atoms with E-state index >= 15 is 0 Å². The smallest absolute Gasteiger partial charge is 0.326 e. The van der Waals surface area contributed by atoms with Crippen LogP contribution >= 0.6 is 0 Å². The Labute approximate surface area is 194 Å². The molecule has 0 heterocycles. The van der Waals surface area contributed by atoms with Gasteiger partial charge in [0.05, 0.1) is 18.9 Å². The van der Waals surface area contributed by atoms with Crippen molar-refractivity contribution in [2.45, 2.75) is 70.1 Å². The van der Waals surface area contributed by atoms with Gasteiger partial charge in [0.25, 0.3) is 0 Å². The number of hydrogen-bond acceptors (Lipinski definition) is 8. The summed E-state index contributed by atoms with van der Waals surface area (Å²) in [6.45, 7) is 3.26. The van der Waals surface area contributed by atoms with Crippen molar-refractivity contribution >= 4 is 41.5 Å². The van der Waals surface area contributed by atoms with Gasteiger partial charge in [-0.2, -0.15) is 0 Å². The van der Waals surface area contributed by atoms with Gasteiger partial charge in [0.1, 0.15) is 18.1 Å². The lowest BCUT2D eigenvalue weighted by molar-refractivity contribution is -0.144. The molecule has 0 aliphatic rings. The van der Waals surface area contributed by atoms with Crippen molar-refractivity contribution in [1.29, 1.82) is 0 Å². The summed E-state index contributed by atoms with van der Waals surface area (Å²) in [7, 11) is 0. The molecule has 5 unspecified atom stereocenters. The summed E-state index contributed by atoms with van der Waals surface area (Å²) in [6.07, 6.45) is -2.14. The predicted octanol–water partition coefficient (Wildman–Crippen LogP) is -2.89. The number of primary amides is 1. The molecule has 0 aliphatic carbocycles. The minimum absolute atomic E-state index is 0.393. The number of carboxylic acids is 3. The highest BCUT2D eigenvalue weighted by Gasteiger charge is 2.33. The molecule has 192 valence electrons. The summed E-state index contributed by atoms with van der Waals surface area (Å²) in [5.41, 5.74) is 10.6. The quantitative estimate of drug-likeness (QED) is 0.109. The van der Waals surface area contributed by atoms with Crippen molar-refractivity contribution in [3.63, 3.8) is 0 Å². The summed E-state index contributed by atoms with van der Waals surface area (Å²) in [4.78, 5) is 82.0. The average molecular weight is 489 g/mol. The van der Waals surface area contributed by atoms with Crippen LogP contribution in [0, 0.1) is 5.92 Å². The standard InChI is InChI=1S/C19H31N5O10/c1-3-8(2)15(19(33)34)24-18(32)11(7-12(21)25)23-17(31)10(4-5-13(26)27)22-16(30)9(20)6-14(28)29/h8-11,15H,3-7,20H2,1-2H3,(H2,21,25)(H,22,30)(H,23,31)(H,24,32)(H,26,27)(H,28,29)(H,33,34). The maximum Gasteiger partial charge on any atom is 0.326 e. The van der Waals surface area contributed by atoms with Crippen molar-refractivity contribution in [1.82, 2.24) is 16.0 Å². The van der Waals surface area contributed by atoms with Crippen LogP contribution in [0.5, 0.6) is 0 Å². The zero-order valence-corrected chi connectivity index (χ0v) is 18.8. The topological polar surface area (TPSA) is 268 Å². The zero-order valence-electron chi connectivity index (χ0n) is 18.8. The van der Waals surface area contributed by atoms with Gasteiger partial charge in [0, 0.05) is 6.42 Å². The largest absolute Gasteiger partial charge is 0.481 e. The molecule has 4 amide bonds. The van der Waals surface area contributed by atoms with Crippen molar-refractivity contribution in [3.8, 4) is 0 Å². The molecule has 15 nitrogen and oxygen atoms in total. The first-order valence-corrected chi connectivity index (χ1v) is 10.3. The molecule has 34 heavy (non-hydrogen) atoms. The highest BCUT2D eigenvalue weighted by molar-refractivity contribution is 5.96. The Morgan fingerprint density at radius 1 is 0.794 bits per heavy atom. The Kier molecular flexibility index (Phi) is 12.8. The molecular formula is C19H31N5O10. The van der Waals surface area contributed by atoms with E-state index in [0.29, 0.717) is 6.42 Å². The molecule has 0 saturated carbocycles. The monoisotopic (exact) mass is 489 g/mol. The minimum Gasteiger partial charge on any atom is -0.481 e. The van der Waals surface area contributed by atoms with E-state index in [1.165, 1.54) is 0 Å². The molecule has 0 aromatic carbocycles. The van der Waals surface area contributed by atoms with Gasteiger partial charge >= 0.3 is 17.9 Å². The minimum atomic E-state index is -1.63. The lowest BCUT2D eigenvalue weighted by Gasteiger charge is -2.26. The second kappa shape index (κ2) is 14.4. The van der Waals surface area contributed by atoms with E-state index in [4.69, 9.17) is 21.7 Å².